The third-order valence-electron chi connectivity index (χ3n) is 11.8. The Bertz CT molecular complexity index is 2650. The Morgan fingerprint density at radius 1 is 0.908 bits per heavy atom. The molecule has 0 bridgehead atoms. The molecule has 1 aromatic heterocycles. The molecule has 0 saturated carbocycles. The molecule has 2 heterocycles. The number of anilines is 2. The number of phenolic OH excluding ortho intramolecular Hbond substituents is 1. The highest BCUT2D eigenvalue weighted by Crippen LogP contribution is 2.30. The second kappa shape index (κ2) is 21.7. The number of rotatable bonds is 17. The van der Waals surface area contributed by atoms with Crippen LogP contribution in [0.4, 0.5) is 20.6 Å². The van der Waals surface area contributed by atoms with E-state index in [2.05, 4.69) is 25.8 Å². The summed E-state index contributed by atoms with van der Waals surface area (Å²) in [4.78, 5) is 57.1. The Kier molecular flexibility index (Phi) is 15.4. The average molecular weight is 883 g/mol. The SMILES string of the molecule is CC(Cc1cc(CC(=O)NCc2ccc(N(C)C(=O)CCN3CCC(OC(=O)Nc4ccccc4-c4ccccc4)CC3)cc2)ccc1F)NCC(O)c1ccc(O)c2[nH]c(=O)ccc12. The van der Waals surface area contributed by atoms with E-state index in [-0.39, 0.29) is 60.3 Å². The monoisotopic (exact) mass is 882 g/mol. The fourth-order valence-electron chi connectivity index (χ4n) is 8.12. The number of hydrogen-bond donors (Lipinski definition) is 6. The van der Waals surface area contributed by atoms with Crippen LogP contribution < -0.4 is 26.4 Å². The molecule has 0 spiro atoms. The smallest absolute Gasteiger partial charge is 0.411 e. The van der Waals surface area contributed by atoms with Crippen molar-refractivity contribution in [1.82, 2.24) is 20.5 Å². The van der Waals surface area contributed by atoms with Crippen LogP contribution in [0.2, 0.25) is 0 Å². The first-order valence-corrected chi connectivity index (χ1v) is 21.9. The molecule has 0 aliphatic carbocycles. The number of likely N-dealkylation sites (tertiary alicyclic amines) is 1. The summed E-state index contributed by atoms with van der Waals surface area (Å²) in [5.74, 6) is -0.734. The summed E-state index contributed by atoms with van der Waals surface area (Å²) < 4.78 is 20.7. The van der Waals surface area contributed by atoms with Crippen LogP contribution in [0.25, 0.3) is 22.0 Å². The molecule has 1 saturated heterocycles. The highest BCUT2D eigenvalue weighted by molar-refractivity contribution is 5.93. The van der Waals surface area contributed by atoms with Crippen LogP contribution in [0.3, 0.4) is 0 Å². The number of para-hydroxylation sites is 1. The van der Waals surface area contributed by atoms with Gasteiger partial charge in [-0.1, -0.05) is 78.9 Å². The summed E-state index contributed by atoms with van der Waals surface area (Å²) in [6.45, 7) is 4.33. The first kappa shape index (κ1) is 46.1. The number of ether oxygens (including phenoxy) is 1. The van der Waals surface area contributed by atoms with Gasteiger partial charge in [-0.05, 0) is 90.4 Å². The van der Waals surface area contributed by atoms with Crippen molar-refractivity contribution in [3.8, 4) is 16.9 Å². The predicted molar refractivity (Wildman–Crippen MR) is 250 cm³/mol. The average Bonchev–Trinajstić information content (AvgIpc) is 3.31. The fraction of sp³-hybridized carbons (Fsp3) is 0.294. The lowest BCUT2D eigenvalue weighted by Crippen LogP contribution is -2.40. The summed E-state index contributed by atoms with van der Waals surface area (Å²) in [6, 6.07) is 35.2. The first-order valence-electron chi connectivity index (χ1n) is 21.9. The number of halogens is 1. The number of amides is 3. The number of pyridine rings is 1. The van der Waals surface area contributed by atoms with Gasteiger partial charge in [-0.25, -0.2) is 9.18 Å². The number of aromatic amines is 1. The molecule has 3 amide bonds. The standard InChI is InChI=1S/C51H55FN6O7/c1-33(53-32-46(60)41-17-20-45(59)50-42(41)18-21-47(61)56-50)28-37-29-35(14-19-43(37)52)30-48(62)54-31-34-12-15-38(16-13-34)57(2)49(63)24-27-58-25-22-39(23-26-58)65-51(64)55-44-11-7-6-10-40(44)36-8-4-3-5-9-36/h3-21,29,33,39,46,53,59-60H,22-28,30-32H2,1-2H3,(H,54,62)(H,55,64)(H,56,61). The summed E-state index contributed by atoms with van der Waals surface area (Å²) in [5.41, 5.74) is 5.71. The number of hydrogen-bond acceptors (Lipinski definition) is 9. The molecule has 14 heteroatoms. The molecule has 0 radical (unpaired) electrons. The van der Waals surface area contributed by atoms with Gasteiger partial charge in [0.15, 0.2) is 0 Å². The summed E-state index contributed by atoms with van der Waals surface area (Å²) in [5, 5.41) is 30.7. The van der Waals surface area contributed by atoms with Crippen molar-refractivity contribution in [3.63, 3.8) is 0 Å². The molecule has 2 unspecified atom stereocenters. The zero-order valence-electron chi connectivity index (χ0n) is 36.6. The van der Waals surface area contributed by atoms with E-state index in [1.54, 1.807) is 36.2 Å². The van der Waals surface area contributed by atoms with Crippen molar-refractivity contribution in [2.75, 3.05) is 43.4 Å². The van der Waals surface area contributed by atoms with Gasteiger partial charge < -0.3 is 40.4 Å². The predicted octanol–water partition coefficient (Wildman–Crippen LogP) is 7.22. The van der Waals surface area contributed by atoms with Gasteiger partial charge in [0.1, 0.15) is 17.7 Å². The number of fused-ring (bicyclic) bond motifs is 1. The molecule has 1 fully saturated rings. The summed E-state index contributed by atoms with van der Waals surface area (Å²) >= 11 is 0. The van der Waals surface area contributed by atoms with Gasteiger partial charge >= 0.3 is 6.09 Å². The number of nitrogens with one attached hydrogen (secondary N) is 4. The number of H-pyrrole nitrogens is 1. The number of piperidine rings is 1. The third kappa shape index (κ3) is 12.4. The van der Waals surface area contributed by atoms with E-state index in [1.165, 1.54) is 18.2 Å². The Balaban J connectivity index is 0.802. The molecule has 13 nitrogen and oxygen atoms in total. The van der Waals surface area contributed by atoms with Crippen molar-refractivity contribution in [2.45, 2.75) is 63.8 Å². The Morgan fingerprint density at radius 2 is 1.63 bits per heavy atom. The van der Waals surface area contributed by atoms with E-state index in [4.69, 9.17) is 4.74 Å². The van der Waals surface area contributed by atoms with Crippen LogP contribution >= 0.6 is 0 Å². The van der Waals surface area contributed by atoms with Crippen molar-refractivity contribution < 1.29 is 33.7 Å². The number of aliphatic hydroxyl groups is 1. The Hall–Kier alpha value is -6.87. The highest BCUT2D eigenvalue weighted by Gasteiger charge is 2.24. The topological polar surface area (TPSA) is 176 Å². The number of aliphatic hydroxyl groups excluding tert-OH is 1. The molecule has 65 heavy (non-hydrogen) atoms. The van der Waals surface area contributed by atoms with Crippen molar-refractivity contribution in [1.29, 1.82) is 0 Å². The van der Waals surface area contributed by atoms with Crippen LogP contribution in [0.15, 0.2) is 126 Å². The number of phenols is 1. The molecule has 1 aliphatic heterocycles. The number of carbonyl (C=O) groups excluding carboxylic acids is 3. The number of nitrogens with zero attached hydrogens (tertiary/aromatic N) is 2. The van der Waals surface area contributed by atoms with Gasteiger partial charge in [-0.3, -0.25) is 19.7 Å². The van der Waals surface area contributed by atoms with E-state index in [1.807, 2.05) is 85.8 Å². The van der Waals surface area contributed by atoms with Crippen LogP contribution in [0.5, 0.6) is 5.75 Å². The molecule has 5 aromatic carbocycles. The fourth-order valence-corrected chi connectivity index (χ4v) is 8.12. The van der Waals surface area contributed by atoms with Gasteiger partial charge in [0.25, 0.3) is 0 Å². The maximum absolute atomic E-state index is 14.9. The summed E-state index contributed by atoms with van der Waals surface area (Å²) in [7, 11) is 1.75. The maximum atomic E-state index is 14.9. The summed E-state index contributed by atoms with van der Waals surface area (Å²) in [6.07, 6.45) is 0.421. The highest BCUT2D eigenvalue weighted by atomic mass is 19.1. The van der Waals surface area contributed by atoms with E-state index < -0.39 is 18.0 Å². The first-order chi connectivity index (χ1) is 31.4. The zero-order chi connectivity index (χ0) is 45.9. The number of aromatic nitrogens is 1. The minimum Gasteiger partial charge on any atom is -0.506 e. The van der Waals surface area contributed by atoms with Gasteiger partial charge in [-0.2, -0.15) is 0 Å². The lowest BCUT2D eigenvalue weighted by atomic mass is 10.0. The lowest BCUT2D eigenvalue weighted by molar-refractivity contribution is -0.120. The molecular formula is C51H55FN6O7. The quantitative estimate of drug-likeness (QED) is 0.0553. The molecule has 6 aromatic rings. The Morgan fingerprint density at radius 3 is 2.40 bits per heavy atom. The third-order valence-corrected chi connectivity index (χ3v) is 11.8. The van der Waals surface area contributed by atoms with Gasteiger partial charge in [-0.15, -0.1) is 0 Å². The van der Waals surface area contributed by atoms with Crippen LogP contribution in [0.1, 0.15) is 54.5 Å². The van der Waals surface area contributed by atoms with Gasteiger partial charge in [0.05, 0.1) is 23.7 Å². The van der Waals surface area contributed by atoms with Crippen LogP contribution in [0, 0.1) is 5.82 Å². The van der Waals surface area contributed by atoms with E-state index in [9.17, 15) is 33.8 Å². The molecule has 6 N–H and O–H groups in total. The molecule has 1 aliphatic rings. The second-order valence-corrected chi connectivity index (χ2v) is 16.5. The van der Waals surface area contributed by atoms with E-state index in [0.717, 1.165) is 35.5 Å². The molecule has 338 valence electrons. The number of aromatic hydroxyl groups is 1. The van der Waals surface area contributed by atoms with Gasteiger partial charge in [0, 0.05) is 74.9 Å². The maximum Gasteiger partial charge on any atom is 0.411 e. The Labute approximate surface area is 377 Å². The number of carbonyl (C=O) groups is 3. The molecular weight excluding hydrogens is 828 g/mol. The number of benzene rings is 5. The second-order valence-electron chi connectivity index (χ2n) is 16.5. The largest absolute Gasteiger partial charge is 0.506 e. The normalized spacial score (nSPS) is 14.1. The lowest BCUT2D eigenvalue weighted by Gasteiger charge is -2.31. The minimum atomic E-state index is -0.960. The van der Waals surface area contributed by atoms with Crippen molar-refractivity contribution >= 4 is 40.2 Å². The molecule has 2 atom stereocenters. The van der Waals surface area contributed by atoms with Crippen LogP contribution in [-0.4, -0.2) is 83.4 Å². The van der Waals surface area contributed by atoms with E-state index >= 15 is 0 Å². The van der Waals surface area contributed by atoms with Gasteiger partial charge in [0.2, 0.25) is 17.4 Å². The van der Waals surface area contributed by atoms with Crippen LogP contribution in [-0.2, 0) is 33.7 Å². The molecule has 7 rings (SSSR count). The van der Waals surface area contributed by atoms with E-state index in [0.29, 0.717) is 60.0 Å². The van der Waals surface area contributed by atoms with Crippen molar-refractivity contribution in [3.05, 3.63) is 160 Å². The zero-order valence-corrected chi connectivity index (χ0v) is 36.6. The minimum absolute atomic E-state index is 0.0234. The van der Waals surface area contributed by atoms with Crippen molar-refractivity contribution in [2.24, 2.45) is 0 Å².